The van der Waals surface area contributed by atoms with Gasteiger partial charge in [0, 0.05) is 11.1 Å². The van der Waals surface area contributed by atoms with Crippen molar-refractivity contribution < 1.29 is 4.79 Å². The molecule has 2 fully saturated rings. The van der Waals surface area contributed by atoms with Crippen molar-refractivity contribution in [1.82, 2.24) is 10.2 Å². The molecule has 1 heterocycles. The molecule has 1 aliphatic heterocycles. The Morgan fingerprint density at radius 3 is 2.33 bits per heavy atom. The Morgan fingerprint density at radius 1 is 1.29 bits per heavy atom. The maximum absolute atomic E-state index is 12.8. The molecule has 3 nitrogen and oxygen atoms in total. The molecule has 2 aliphatic rings. The summed E-state index contributed by atoms with van der Waals surface area (Å²) in [4.78, 5) is 14.9. The monoisotopic (exact) mass is 306 g/mol. The van der Waals surface area contributed by atoms with Crippen molar-refractivity contribution in [2.45, 2.75) is 52.4 Å². The van der Waals surface area contributed by atoms with E-state index in [0.717, 1.165) is 17.0 Å². The van der Waals surface area contributed by atoms with Crippen LogP contribution in [0.5, 0.6) is 0 Å². The smallest absolute Gasteiger partial charge is 0.241 e. The minimum absolute atomic E-state index is 0.0334. The van der Waals surface area contributed by atoms with Crippen molar-refractivity contribution in [3.63, 3.8) is 0 Å². The van der Waals surface area contributed by atoms with Crippen LogP contribution in [0.3, 0.4) is 0 Å². The van der Waals surface area contributed by atoms with Crippen LogP contribution < -0.4 is 5.32 Å². The lowest BCUT2D eigenvalue weighted by molar-refractivity contribution is -0.131. The molecule has 1 saturated carbocycles. The van der Waals surface area contributed by atoms with Gasteiger partial charge in [0.15, 0.2) is 0 Å². The van der Waals surface area contributed by atoms with E-state index in [4.69, 9.17) is 11.6 Å². The first kappa shape index (κ1) is 14.9. The number of carbonyl (C=O) groups excluding carboxylic acids is 1. The van der Waals surface area contributed by atoms with Crippen molar-refractivity contribution in [2.24, 2.45) is 11.3 Å². The van der Waals surface area contributed by atoms with E-state index in [1.807, 2.05) is 24.3 Å². The quantitative estimate of drug-likeness (QED) is 0.925. The Labute approximate surface area is 131 Å². The second kappa shape index (κ2) is 4.99. The zero-order chi connectivity index (χ0) is 15.4. The molecule has 1 aliphatic carbocycles. The summed E-state index contributed by atoms with van der Waals surface area (Å²) in [6.07, 6.45) is 1.05. The summed E-state index contributed by atoms with van der Waals surface area (Å²) in [5, 5.41) is 4.24. The standard InChI is InChI=1S/C17H23ClN2O/c1-10(2)14-16(21)20(13-9-17(13,3)4)15(19-14)11-5-7-12(18)8-6-11/h5-8,10,13-15,19H,9H2,1-4H3. The van der Waals surface area contributed by atoms with Crippen LogP contribution in [0.4, 0.5) is 0 Å². The van der Waals surface area contributed by atoms with Crippen molar-refractivity contribution in [2.75, 3.05) is 0 Å². The molecule has 0 spiro atoms. The Balaban J connectivity index is 1.93. The lowest BCUT2D eigenvalue weighted by atomic mass is 10.0. The molecule has 1 amide bonds. The molecular formula is C17H23ClN2O. The van der Waals surface area contributed by atoms with Crippen LogP contribution in [0.2, 0.25) is 5.02 Å². The van der Waals surface area contributed by atoms with E-state index in [1.165, 1.54) is 0 Å². The highest BCUT2D eigenvalue weighted by Crippen LogP contribution is 2.52. The zero-order valence-corrected chi connectivity index (χ0v) is 13.8. The van der Waals surface area contributed by atoms with Gasteiger partial charge >= 0.3 is 0 Å². The third-order valence-electron chi connectivity index (χ3n) is 4.79. The minimum Gasteiger partial charge on any atom is -0.318 e. The fraction of sp³-hybridized carbons (Fsp3) is 0.588. The van der Waals surface area contributed by atoms with Gasteiger partial charge in [-0.05, 0) is 35.4 Å². The fourth-order valence-electron chi connectivity index (χ4n) is 3.24. The third kappa shape index (κ3) is 2.58. The highest BCUT2D eigenvalue weighted by Gasteiger charge is 2.56. The first-order valence-corrected chi connectivity index (χ1v) is 8.03. The predicted octanol–water partition coefficient (Wildman–Crippen LogP) is 3.59. The molecule has 0 aromatic heterocycles. The number of amides is 1. The van der Waals surface area contributed by atoms with E-state index >= 15 is 0 Å². The second-order valence-corrected chi connectivity index (χ2v) is 7.73. The molecule has 1 N–H and O–H groups in total. The van der Waals surface area contributed by atoms with Gasteiger partial charge in [-0.2, -0.15) is 0 Å². The van der Waals surface area contributed by atoms with Crippen molar-refractivity contribution in [1.29, 1.82) is 0 Å². The average Bonchev–Trinajstić information content (AvgIpc) is 2.88. The SMILES string of the molecule is CC(C)C1NC(c2ccc(Cl)cc2)N(C2CC2(C)C)C1=O. The largest absolute Gasteiger partial charge is 0.318 e. The second-order valence-electron chi connectivity index (χ2n) is 7.30. The van der Waals surface area contributed by atoms with Crippen LogP contribution in [-0.2, 0) is 4.79 Å². The number of hydrogen-bond donors (Lipinski definition) is 1. The van der Waals surface area contributed by atoms with E-state index in [1.54, 1.807) is 0 Å². The summed E-state index contributed by atoms with van der Waals surface area (Å²) < 4.78 is 0. The number of nitrogens with zero attached hydrogens (tertiary/aromatic N) is 1. The van der Waals surface area contributed by atoms with Gasteiger partial charge in [-0.3, -0.25) is 10.1 Å². The Bertz CT molecular complexity index is 552. The minimum atomic E-state index is -0.0953. The summed E-state index contributed by atoms with van der Waals surface area (Å²) in [5.41, 5.74) is 1.34. The average molecular weight is 307 g/mol. The van der Waals surface area contributed by atoms with Crippen LogP contribution in [-0.4, -0.2) is 22.9 Å². The molecule has 1 saturated heterocycles. The predicted molar refractivity (Wildman–Crippen MR) is 85.0 cm³/mol. The van der Waals surface area contributed by atoms with Crippen molar-refractivity contribution in [3.05, 3.63) is 34.9 Å². The third-order valence-corrected chi connectivity index (χ3v) is 5.04. The number of benzene rings is 1. The number of halogens is 1. The first-order valence-electron chi connectivity index (χ1n) is 7.65. The lowest BCUT2D eigenvalue weighted by Gasteiger charge is -2.26. The molecule has 3 unspecified atom stereocenters. The molecule has 4 heteroatoms. The molecule has 0 bridgehead atoms. The van der Waals surface area contributed by atoms with Gasteiger partial charge in [0.1, 0.15) is 6.17 Å². The molecule has 3 atom stereocenters. The summed E-state index contributed by atoms with van der Waals surface area (Å²) in [7, 11) is 0. The van der Waals surface area contributed by atoms with Gasteiger partial charge in [-0.25, -0.2) is 0 Å². The summed E-state index contributed by atoms with van der Waals surface area (Å²) in [5.74, 6) is 0.527. The van der Waals surface area contributed by atoms with Gasteiger partial charge in [-0.15, -0.1) is 0 Å². The first-order chi connectivity index (χ1) is 9.81. The van der Waals surface area contributed by atoms with Crippen LogP contribution in [0.1, 0.15) is 45.8 Å². The number of nitrogens with one attached hydrogen (secondary N) is 1. The van der Waals surface area contributed by atoms with Crippen LogP contribution in [0.15, 0.2) is 24.3 Å². The molecule has 21 heavy (non-hydrogen) atoms. The molecule has 1 aromatic rings. The summed E-state index contributed by atoms with van der Waals surface area (Å²) >= 11 is 5.98. The summed E-state index contributed by atoms with van der Waals surface area (Å²) in [6, 6.07) is 8.05. The maximum Gasteiger partial charge on any atom is 0.241 e. The number of rotatable bonds is 3. The van der Waals surface area contributed by atoms with E-state index in [-0.39, 0.29) is 23.5 Å². The Hall–Kier alpha value is -1.06. The molecule has 114 valence electrons. The van der Waals surface area contributed by atoms with Gasteiger partial charge < -0.3 is 4.90 Å². The van der Waals surface area contributed by atoms with Crippen molar-refractivity contribution >= 4 is 17.5 Å². The number of hydrogen-bond acceptors (Lipinski definition) is 2. The van der Waals surface area contributed by atoms with E-state index in [0.29, 0.717) is 12.0 Å². The zero-order valence-electron chi connectivity index (χ0n) is 13.1. The maximum atomic E-state index is 12.8. The van der Waals surface area contributed by atoms with E-state index in [2.05, 4.69) is 37.9 Å². The number of carbonyl (C=O) groups is 1. The van der Waals surface area contributed by atoms with Gasteiger partial charge in [-0.1, -0.05) is 51.4 Å². The van der Waals surface area contributed by atoms with E-state index in [9.17, 15) is 4.79 Å². The van der Waals surface area contributed by atoms with Crippen molar-refractivity contribution in [3.8, 4) is 0 Å². The van der Waals surface area contributed by atoms with Gasteiger partial charge in [0.05, 0.1) is 6.04 Å². The topological polar surface area (TPSA) is 32.3 Å². The van der Waals surface area contributed by atoms with Gasteiger partial charge in [0.2, 0.25) is 5.91 Å². The lowest BCUT2D eigenvalue weighted by Crippen LogP contribution is -2.36. The van der Waals surface area contributed by atoms with Crippen LogP contribution in [0.25, 0.3) is 0 Å². The Kier molecular flexibility index (Phi) is 3.53. The fourth-order valence-corrected chi connectivity index (χ4v) is 3.36. The Morgan fingerprint density at radius 2 is 1.86 bits per heavy atom. The van der Waals surface area contributed by atoms with Crippen LogP contribution >= 0.6 is 11.6 Å². The van der Waals surface area contributed by atoms with Crippen LogP contribution in [0, 0.1) is 11.3 Å². The molecular weight excluding hydrogens is 284 g/mol. The van der Waals surface area contributed by atoms with E-state index < -0.39 is 0 Å². The highest BCUT2D eigenvalue weighted by atomic mass is 35.5. The normalized spacial score (nSPS) is 31.0. The molecule has 3 rings (SSSR count). The molecule has 1 aromatic carbocycles. The molecule has 0 radical (unpaired) electrons. The summed E-state index contributed by atoms with van der Waals surface area (Å²) in [6.45, 7) is 8.64. The highest BCUT2D eigenvalue weighted by molar-refractivity contribution is 6.30. The van der Waals surface area contributed by atoms with Gasteiger partial charge in [0.25, 0.3) is 0 Å².